The van der Waals surface area contributed by atoms with Crippen molar-refractivity contribution >= 4 is 11.8 Å². The third-order valence-electron chi connectivity index (χ3n) is 5.28. The predicted octanol–water partition coefficient (Wildman–Crippen LogP) is 1.72. The maximum atomic E-state index is 13.1. The molecule has 0 aromatic heterocycles. The summed E-state index contributed by atoms with van der Waals surface area (Å²) in [7, 11) is 1.43. The Bertz CT molecular complexity index is 948. The molecule has 0 saturated carbocycles. The van der Waals surface area contributed by atoms with Crippen molar-refractivity contribution < 1.29 is 39.1 Å². The van der Waals surface area contributed by atoms with E-state index in [0.717, 1.165) is 0 Å². The number of carbonyl (C=O) groups excluding carboxylic acids is 2. The first-order valence-corrected chi connectivity index (χ1v) is 9.39. The molecule has 3 rings (SSSR count). The number of ether oxygens (including phenoxy) is 3. The van der Waals surface area contributed by atoms with Gasteiger partial charge in [-0.1, -0.05) is 6.08 Å². The standard InChI is InChI=1S/C22H24O8/c1-12-7-15(28-3)10-17(24)19(12)21(27)30-22(2)18(25)9-13-8-14(5-4-6-23)29-11-16(13)20(22)26/h4-5,7-8,10,18,23-25H,6,9,11H2,1-3H3/b5-4+/t18-,22-/m0/s1. The van der Waals surface area contributed by atoms with Gasteiger partial charge in [0.1, 0.15) is 35.5 Å². The number of rotatable bonds is 5. The van der Waals surface area contributed by atoms with Crippen LogP contribution >= 0.6 is 0 Å². The summed E-state index contributed by atoms with van der Waals surface area (Å²) in [5.74, 6) is -1.000. The predicted molar refractivity (Wildman–Crippen MR) is 106 cm³/mol. The zero-order valence-corrected chi connectivity index (χ0v) is 17.0. The summed E-state index contributed by atoms with van der Waals surface area (Å²) >= 11 is 0. The first kappa shape index (κ1) is 21.6. The van der Waals surface area contributed by atoms with E-state index in [1.54, 1.807) is 25.1 Å². The SMILES string of the molecule is COc1cc(C)c(C(=O)O[C@]2(C)C(=O)C3=C(C=C(/C=C/CO)OC3)C[C@@H]2O)c(O)c1. The van der Waals surface area contributed by atoms with Crippen LogP contribution in [-0.4, -0.2) is 59.1 Å². The average molecular weight is 416 g/mol. The molecule has 0 fully saturated rings. The number of aliphatic hydroxyl groups is 2. The number of hydrogen-bond acceptors (Lipinski definition) is 8. The molecule has 3 N–H and O–H groups in total. The van der Waals surface area contributed by atoms with Crippen molar-refractivity contribution in [2.75, 3.05) is 20.3 Å². The Morgan fingerprint density at radius 1 is 1.40 bits per heavy atom. The van der Waals surface area contributed by atoms with Gasteiger partial charge in [-0.05, 0) is 43.2 Å². The number of carbonyl (C=O) groups is 2. The summed E-state index contributed by atoms with van der Waals surface area (Å²) in [4.78, 5) is 25.9. The number of esters is 1. The Labute approximate surface area is 173 Å². The van der Waals surface area contributed by atoms with Crippen LogP contribution in [0.5, 0.6) is 11.5 Å². The van der Waals surface area contributed by atoms with E-state index >= 15 is 0 Å². The second-order valence-corrected chi connectivity index (χ2v) is 7.31. The number of benzene rings is 1. The zero-order chi connectivity index (χ0) is 22.1. The molecule has 160 valence electrons. The molecule has 0 spiro atoms. The van der Waals surface area contributed by atoms with Crippen molar-refractivity contribution in [2.24, 2.45) is 0 Å². The van der Waals surface area contributed by atoms with Crippen molar-refractivity contribution in [1.29, 1.82) is 0 Å². The molecular formula is C22H24O8. The Morgan fingerprint density at radius 2 is 2.13 bits per heavy atom. The van der Waals surface area contributed by atoms with Crippen molar-refractivity contribution in [3.63, 3.8) is 0 Å². The van der Waals surface area contributed by atoms with E-state index < -0.39 is 23.5 Å². The van der Waals surface area contributed by atoms with E-state index in [-0.39, 0.29) is 30.9 Å². The van der Waals surface area contributed by atoms with Gasteiger partial charge in [0.25, 0.3) is 0 Å². The maximum absolute atomic E-state index is 13.1. The highest BCUT2D eigenvalue weighted by Crippen LogP contribution is 2.38. The van der Waals surface area contributed by atoms with Crippen molar-refractivity contribution in [1.82, 2.24) is 0 Å². The second kappa shape index (κ2) is 8.33. The minimum absolute atomic E-state index is 0.0392. The van der Waals surface area contributed by atoms with Gasteiger partial charge in [0.2, 0.25) is 5.78 Å². The third kappa shape index (κ3) is 3.83. The van der Waals surface area contributed by atoms with Crippen LogP contribution in [0.3, 0.4) is 0 Å². The van der Waals surface area contributed by atoms with Crippen LogP contribution in [0.4, 0.5) is 0 Å². The quantitative estimate of drug-likeness (QED) is 0.620. The molecule has 0 radical (unpaired) electrons. The van der Waals surface area contributed by atoms with E-state index in [1.165, 1.54) is 26.2 Å². The van der Waals surface area contributed by atoms with E-state index in [0.29, 0.717) is 28.2 Å². The lowest BCUT2D eigenvalue weighted by atomic mass is 9.77. The smallest absolute Gasteiger partial charge is 0.343 e. The molecule has 0 bridgehead atoms. The number of phenolic OH excluding ortho intramolecular Hbond substituents is 1. The lowest BCUT2D eigenvalue weighted by Crippen LogP contribution is -2.54. The summed E-state index contributed by atoms with van der Waals surface area (Å²) in [6.45, 7) is 2.76. The number of Topliss-reactive ketones (excluding diaryl/α,β-unsaturated/α-hetero) is 1. The Hall–Kier alpha value is -3.10. The Morgan fingerprint density at radius 3 is 2.77 bits per heavy atom. The maximum Gasteiger partial charge on any atom is 0.343 e. The largest absolute Gasteiger partial charge is 0.507 e. The number of methoxy groups -OCH3 is 1. The molecule has 8 heteroatoms. The first-order chi connectivity index (χ1) is 14.2. The van der Waals surface area contributed by atoms with Gasteiger partial charge in [-0.25, -0.2) is 4.79 Å². The molecule has 0 saturated heterocycles. The highest BCUT2D eigenvalue weighted by Gasteiger charge is 2.50. The number of aryl methyl sites for hydroxylation is 1. The van der Waals surface area contributed by atoms with Gasteiger partial charge >= 0.3 is 5.97 Å². The zero-order valence-electron chi connectivity index (χ0n) is 17.0. The Kier molecular flexibility index (Phi) is 6.00. The summed E-state index contributed by atoms with van der Waals surface area (Å²) in [6.07, 6.45) is 3.48. The molecule has 2 aliphatic rings. The highest BCUT2D eigenvalue weighted by atomic mass is 16.6. The van der Waals surface area contributed by atoms with E-state index in [9.17, 15) is 19.8 Å². The van der Waals surface area contributed by atoms with E-state index in [4.69, 9.17) is 19.3 Å². The van der Waals surface area contributed by atoms with Crippen molar-refractivity contribution in [3.8, 4) is 11.5 Å². The van der Waals surface area contributed by atoms with Crippen LogP contribution in [0.2, 0.25) is 0 Å². The van der Waals surface area contributed by atoms with Crippen LogP contribution in [0.15, 0.2) is 47.3 Å². The van der Waals surface area contributed by atoms with Gasteiger partial charge in [0, 0.05) is 18.1 Å². The normalized spacial score (nSPS) is 23.7. The van der Waals surface area contributed by atoms with Crippen LogP contribution in [0, 0.1) is 6.92 Å². The molecular weight excluding hydrogens is 392 g/mol. The lowest BCUT2D eigenvalue weighted by molar-refractivity contribution is -0.147. The van der Waals surface area contributed by atoms with Crippen molar-refractivity contribution in [3.05, 3.63) is 58.4 Å². The molecule has 1 heterocycles. The summed E-state index contributed by atoms with van der Waals surface area (Å²) in [6, 6.07) is 2.83. The first-order valence-electron chi connectivity index (χ1n) is 9.39. The molecule has 0 amide bonds. The number of aromatic hydroxyl groups is 1. The summed E-state index contributed by atoms with van der Waals surface area (Å²) in [5, 5.41) is 29.8. The molecule has 1 aliphatic heterocycles. The fourth-order valence-electron chi connectivity index (χ4n) is 3.54. The van der Waals surface area contributed by atoms with Crippen molar-refractivity contribution in [2.45, 2.75) is 32.0 Å². The number of allylic oxidation sites excluding steroid dienone is 2. The van der Waals surface area contributed by atoms with E-state index in [1.807, 2.05) is 0 Å². The third-order valence-corrected chi connectivity index (χ3v) is 5.28. The molecule has 8 nitrogen and oxygen atoms in total. The van der Waals surface area contributed by atoms with Gasteiger partial charge in [-0.2, -0.15) is 0 Å². The average Bonchev–Trinajstić information content (AvgIpc) is 2.70. The van der Waals surface area contributed by atoms with E-state index in [2.05, 4.69) is 0 Å². The van der Waals surface area contributed by atoms with Crippen LogP contribution in [-0.2, 0) is 14.3 Å². The minimum atomic E-state index is -1.83. The molecule has 30 heavy (non-hydrogen) atoms. The number of ketones is 1. The molecule has 2 atom stereocenters. The van der Waals surface area contributed by atoms with Gasteiger partial charge < -0.3 is 29.5 Å². The van der Waals surface area contributed by atoms with Crippen LogP contribution in [0.1, 0.15) is 29.3 Å². The summed E-state index contributed by atoms with van der Waals surface area (Å²) in [5.41, 5.74) is -0.624. The van der Waals surface area contributed by atoms with Gasteiger partial charge in [0.15, 0.2) is 5.60 Å². The molecule has 0 unspecified atom stereocenters. The minimum Gasteiger partial charge on any atom is -0.507 e. The monoisotopic (exact) mass is 416 g/mol. The molecule has 1 aromatic rings. The fourth-order valence-corrected chi connectivity index (χ4v) is 3.54. The number of aliphatic hydroxyl groups excluding tert-OH is 2. The number of hydrogen-bond donors (Lipinski definition) is 3. The fraction of sp³-hybridized carbons (Fsp3) is 0.364. The van der Waals surface area contributed by atoms with Gasteiger partial charge in [-0.3, -0.25) is 4.79 Å². The molecule has 1 aromatic carbocycles. The van der Waals surface area contributed by atoms with Gasteiger partial charge in [0.05, 0.1) is 13.7 Å². The Balaban J connectivity index is 1.90. The van der Waals surface area contributed by atoms with Crippen LogP contribution < -0.4 is 4.74 Å². The highest BCUT2D eigenvalue weighted by molar-refractivity contribution is 6.07. The molecule has 1 aliphatic carbocycles. The topological polar surface area (TPSA) is 123 Å². The number of phenols is 1. The van der Waals surface area contributed by atoms with Crippen LogP contribution in [0.25, 0.3) is 0 Å². The summed E-state index contributed by atoms with van der Waals surface area (Å²) < 4.78 is 16.0. The van der Waals surface area contributed by atoms with Gasteiger partial charge in [-0.15, -0.1) is 0 Å². The second-order valence-electron chi connectivity index (χ2n) is 7.31. The lowest BCUT2D eigenvalue weighted by Gasteiger charge is -2.39.